The second-order valence-electron chi connectivity index (χ2n) is 4.96. The lowest BCUT2D eigenvalue weighted by Gasteiger charge is -2.33. The number of rotatable bonds is 2. The first-order valence-electron chi connectivity index (χ1n) is 6.31. The number of hydrogen-bond donors (Lipinski definition) is 0. The van der Waals surface area contributed by atoms with Gasteiger partial charge in [0.25, 0.3) is 0 Å². The van der Waals surface area contributed by atoms with Crippen LogP contribution in [0.25, 0.3) is 0 Å². The van der Waals surface area contributed by atoms with Gasteiger partial charge in [-0.1, -0.05) is 35.9 Å². The fourth-order valence-corrected chi connectivity index (χ4v) is 3.23. The minimum atomic E-state index is -0.447. The van der Waals surface area contributed by atoms with Gasteiger partial charge in [0.1, 0.15) is 6.10 Å². The van der Waals surface area contributed by atoms with E-state index in [1.807, 2.05) is 6.07 Å². The Morgan fingerprint density at radius 3 is 2.70 bits per heavy atom. The zero-order chi connectivity index (χ0) is 13.9. The van der Waals surface area contributed by atoms with Gasteiger partial charge >= 0.3 is 5.97 Å². The largest absolute Gasteiger partial charge is 0.453 e. The molecule has 4 heteroatoms. The predicted molar refractivity (Wildman–Crippen MR) is 73.1 cm³/mol. The topological polar surface area (TPSA) is 43.4 Å². The lowest BCUT2D eigenvalue weighted by Crippen LogP contribution is -2.30. The Morgan fingerprint density at radius 1 is 1.10 bits per heavy atom. The van der Waals surface area contributed by atoms with Gasteiger partial charge in [-0.25, -0.2) is 4.79 Å². The van der Waals surface area contributed by atoms with Crippen LogP contribution in [0.5, 0.6) is 0 Å². The van der Waals surface area contributed by atoms with Gasteiger partial charge in [0.2, 0.25) is 0 Å². The van der Waals surface area contributed by atoms with E-state index in [2.05, 4.69) is 0 Å². The van der Waals surface area contributed by atoms with Crippen LogP contribution >= 0.6 is 11.6 Å². The molecule has 0 aromatic heterocycles. The van der Waals surface area contributed by atoms with Gasteiger partial charge in [0.05, 0.1) is 16.5 Å². The van der Waals surface area contributed by atoms with Gasteiger partial charge in [-0.2, -0.15) is 0 Å². The fourth-order valence-electron chi connectivity index (χ4n) is 3.00. The van der Waals surface area contributed by atoms with Crippen LogP contribution in [0.15, 0.2) is 42.5 Å². The zero-order valence-corrected chi connectivity index (χ0v) is 11.1. The second-order valence-corrected chi connectivity index (χ2v) is 5.36. The minimum absolute atomic E-state index is 0.0973. The molecule has 0 saturated heterocycles. The van der Waals surface area contributed by atoms with Crippen LogP contribution in [0, 0.1) is 0 Å². The van der Waals surface area contributed by atoms with Crippen molar-refractivity contribution in [1.82, 2.24) is 0 Å². The van der Waals surface area contributed by atoms with E-state index < -0.39 is 12.0 Å². The number of hydrogen-bond acceptors (Lipinski definition) is 3. The number of esters is 1. The van der Waals surface area contributed by atoms with Crippen LogP contribution in [-0.2, 0) is 4.74 Å². The first-order chi connectivity index (χ1) is 9.68. The van der Waals surface area contributed by atoms with E-state index >= 15 is 0 Å². The molecule has 20 heavy (non-hydrogen) atoms. The van der Waals surface area contributed by atoms with Crippen molar-refractivity contribution >= 4 is 23.4 Å². The number of ketones is 1. The Balaban J connectivity index is 1.79. The average molecular weight is 285 g/mol. The molecule has 3 nitrogen and oxygen atoms in total. The van der Waals surface area contributed by atoms with Crippen molar-refractivity contribution < 1.29 is 14.3 Å². The van der Waals surface area contributed by atoms with Crippen LogP contribution in [0.4, 0.5) is 0 Å². The van der Waals surface area contributed by atoms with Crippen molar-refractivity contribution in [1.29, 1.82) is 0 Å². The Morgan fingerprint density at radius 2 is 1.90 bits per heavy atom. The summed E-state index contributed by atoms with van der Waals surface area (Å²) in [6, 6.07) is 12.3. The normalized spacial score (nSPS) is 21.9. The summed E-state index contributed by atoms with van der Waals surface area (Å²) in [5.41, 5.74) is 2.79. The number of ether oxygens (including phenoxy) is 1. The molecule has 2 atom stereocenters. The van der Waals surface area contributed by atoms with Crippen molar-refractivity contribution in [2.45, 2.75) is 12.0 Å². The van der Waals surface area contributed by atoms with E-state index in [0.29, 0.717) is 16.1 Å². The van der Waals surface area contributed by atoms with Crippen molar-refractivity contribution in [2.75, 3.05) is 0 Å². The van der Waals surface area contributed by atoms with Crippen molar-refractivity contribution in [3.63, 3.8) is 0 Å². The Kier molecular flexibility index (Phi) is 2.30. The maximum Gasteiger partial charge on any atom is 0.339 e. The van der Waals surface area contributed by atoms with Gasteiger partial charge < -0.3 is 4.74 Å². The molecule has 2 aromatic rings. The first-order valence-corrected chi connectivity index (χ1v) is 6.69. The van der Waals surface area contributed by atoms with Gasteiger partial charge in [-0.3, -0.25) is 4.79 Å². The van der Waals surface area contributed by atoms with E-state index in [9.17, 15) is 9.59 Å². The van der Waals surface area contributed by atoms with E-state index in [-0.39, 0.29) is 11.8 Å². The van der Waals surface area contributed by atoms with Crippen molar-refractivity contribution in [3.8, 4) is 0 Å². The predicted octanol–water partition coefficient (Wildman–Crippen LogP) is 3.53. The molecule has 1 heterocycles. The van der Waals surface area contributed by atoms with Gasteiger partial charge in [-0.05, 0) is 23.8 Å². The third-order valence-electron chi connectivity index (χ3n) is 3.94. The quantitative estimate of drug-likeness (QED) is 0.626. The molecule has 1 aliphatic heterocycles. The Bertz CT molecular complexity index is 766. The summed E-state index contributed by atoms with van der Waals surface area (Å²) in [6.07, 6.45) is -0.447. The fraction of sp³-hybridized carbons (Fsp3) is 0.125. The summed E-state index contributed by atoms with van der Waals surface area (Å²) in [5.74, 6) is -0.877. The number of carbonyl (C=O) groups excluding carboxylic acids is 2. The molecule has 0 radical (unpaired) electrons. The summed E-state index contributed by atoms with van der Waals surface area (Å²) >= 11 is 6.08. The van der Waals surface area contributed by atoms with Crippen molar-refractivity contribution in [2.24, 2.45) is 0 Å². The molecule has 98 valence electrons. The summed E-state index contributed by atoms with van der Waals surface area (Å²) in [4.78, 5) is 24.4. The summed E-state index contributed by atoms with van der Waals surface area (Å²) in [7, 11) is 0. The molecule has 0 spiro atoms. The Labute approximate surface area is 120 Å². The number of Topliss-reactive ketones (excluding diaryl/α,β-unsaturated/α-hetero) is 1. The molecule has 1 aliphatic carbocycles. The maximum absolute atomic E-state index is 12.6. The van der Waals surface area contributed by atoms with Crippen LogP contribution in [0.3, 0.4) is 0 Å². The summed E-state index contributed by atoms with van der Waals surface area (Å²) < 4.78 is 5.30. The Hall–Kier alpha value is -2.13. The molecule has 2 aliphatic rings. The van der Waals surface area contributed by atoms with E-state index in [4.69, 9.17) is 16.3 Å². The second kappa shape index (κ2) is 3.93. The third-order valence-corrected chi connectivity index (χ3v) is 4.27. The highest BCUT2D eigenvalue weighted by Gasteiger charge is 2.51. The summed E-state index contributed by atoms with van der Waals surface area (Å²) in [5, 5.41) is 0.423. The highest BCUT2D eigenvalue weighted by atomic mass is 35.5. The van der Waals surface area contributed by atoms with Crippen LogP contribution in [-0.4, -0.2) is 11.8 Å². The molecule has 2 aromatic carbocycles. The lowest BCUT2D eigenvalue weighted by atomic mass is 9.70. The molecule has 0 N–H and O–H groups in total. The van der Waals surface area contributed by atoms with Gasteiger partial charge in [0, 0.05) is 11.1 Å². The van der Waals surface area contributed by atoms with Crippen LogP contribution < -0.4 is 0 Å². The monoisotopic (exact) mass is 284 g/mol. The SMILES string of the molecule is O=C1OC2c3c1cccc3C2C(=O)c1ccccc1Cl. The van der Waals surface area contributed by atoms with Crippen molar-refractivity contribution in [3.05, 3.63) is 69.7 Å². The molecule has 2 unspecified atom stereocenters. The lowest BCUT2D eigenvalue weighted by molar-refractivity contribution is 0.0268. The van der Waals surface area contributed by atoms with E-state index in [1.54, 1.807) is 36.4 Å². The highest BCUT2D eigenvalue weighted by molar-refractivity contribution is 6.34. The summed E-state index contributed by atoms with van der Waals surface area (Å²) in [6.45, 7) is 0. The smallest absolute Gasteiger partial charge is 0.339 e. The molecular weight excluding hydrogens is 276 g/mol. The third kappa shape index (κ3) is 1.36. The van der Waals surface area contributed by atoms with E-state index in [0.717, 1.165) is 11.1 Å². The van der Waals surface area contributed by atoms with Gasteiger partial charge in [-0.15, -0.1) is 0 Å². The average Bonchev–Trinajstić information content (AvgIpc) is 2.75. The molecule has 0 amide bonds. The standard InChI is InChI=1S/C16H9ClO3/c17-11-7-2-1-4-8(11)14(18)13-9-5-3-6-10-12(9)15(13)20-16(10)19/h1-7,13,15H. The first kappa shape index (κ1) is 11.7. The molecule has 0 bridgehead atoms. The maximum atomic E-state index is 12.6. The minimum Gasteiger partial charge on any atom is -0.453 e. The molecule has 0 saturated carbocycles. The van der Waals surface area contributed by atoms with E-state index in [1.165, 1.54) is 0 Å². The number of benzene rings is 2. The number of carbonyl (C=O) groups is 2. The molecule has 0 fully saturated rings. The number of halogens is 1. The highest BCUT2D eigenvalue weighted by Crippen LogP contribution is 2.54. The zero-order valence-electron chi connectivity index (χ0n) is 10.3. The van der Waals surface area contributed by atoms with Gasteiger partial charge in [0.15, 0.2) is 5.78 Å². The molecular formula is C16H9ClO3. The van der Waals surface area contributed by atoms with Crippen LogP contribution in [0.2, 0.25) is 5.02 Å². The molecule has 4 rings (SSSR count). The van der Waals surface area contributed by atoms with Crippen LogP contribution in [0.1, 0.15) is 43.9 Å².